The van der Waals surface area contributed by atoms with Crippen LogP contribution in [-0.2, 0) is 0 Å². The van der Waals surface area contributed by atoms with Crippen molar-refractivity contribution in [3.8, 4) is 0 Å². The summed E-state index contributed by atoms with van der Waals surface area (Å²) in [5.74, 6) is 0.870. The second-order valence-corrected chi connectivity index (χ2v) is 6.83. The highest BCUT2D eigenvalue weighted by Crippen LogP contribution is 2.23. The van der Waals surface area contributed by atoms with E-state index in [9.17, 15) is 0 Å². The van der Waals surface area contributed by atoms with Crippen LogP contribution in [0.1, 0.15) is 90.4 Å². The van der Waals surface area contributed by atoms with Crippen molar-refractivity contribution < 1.29 is 0 Å². The molecule has 1 atom stereocenters. The van der Waals surface area contributed by atoms with Crippen molar-refractivity contribution >= 4 is 0 Å². The second-order valence-electron chi connectivity index (χ2n) is 6.83. The Morgan fingerprint density at radius 3 is 2.14 bits per heavy atom. The fourth-order valence-corrected chi connectivity index (χ4v) is 3.24. The van der Waals surface area contributed by atoms with Crippen molar-refractivity contribution in [2.75, 3.05) is 0 Å². The van der Waals surface area contributed by atoms with Crippen LogP contribution in [0.15, 0.2) is 33.8 Å². The topological polar surface area (TPSA) is 24.7 Å². The molecule has 0 spiro atoms. The first-order chi connectivity index (χ1) is 10.3. The maximum absolute atomic E-state index is 4.60. The van der Waals surface area contributed by atoms with Gasteiger partial charge < -0.3 is 0 Å². The Morgan fingerprint density at radius 1 is 0.714 bits per heavy atom. The Kier molecular flexibility index (Phi) is 7.77. The summed E-state index contributed by atoms with van der Waals surface area (Å²) in [4.78, 5) is 0. The summed E-state index contributed by atoms with van der Waals surface area (Å²) in [5.41, 5.74) is 2.45. The quantitative estimate of drug-likeness (QED) is 0.491. The molecule has 0 amide bonds. The number of azo groups is 1. The van der Waals surface area contributed by atoms with Crippen LogP contribution in [-0.4, -0.2) is 0 Å². The van der Waals surface area contributed by atoms with Gasteiger partial charge in [-0.2, -0.15) is 10.2 Å². The van der Waals surface area contributed by atoms with E-state index in [1.807, 2.05) is 0 Å². The van der Waals surface area contributed by atoms with E-state index in [0.29, 0.717) is 0 Å². The van der Waals surface area contributed by atoms with E-state index in [1.165, 1.54) is 82.0 Å². The third-order valence-corrected chi connectivity index (χ3v) is 4.74. The van der Waals surface area contributed by atoms with Crippen LogP contribution >= 0.6 is 0 Å². The van der Waals surface area contributed by atoms with Crippen LogP contribution in [0.2, 0.25) is 0 Å². The Balaban J connectivity index is 1.91. The molecule has 0 aromatic rings. The van der Waals surface area contributed by atoms with Crippen LogP contribution < -0.4 is 0 Å². The molecule has 0 bridgehead atoms. The number of rotatable bonds is 2. The van der Waals surface area contributed by atoms with Crippen LogP contribution in [0.5, 0.6) is 0 Å². The molecule has 1 unspecified atom stereocenters. The summed E-state index contributed by atoms with van der Waals surface area (Å²) >= 11 is 0. The van der Waals surface area contributed by atoms with Gasteiger partial charge in [0.15, 0.2) is 0 Å². The van der Waals surface area contributed by atoms with Gasteiger partial charge in [0.25, 0.3) is 0 Å². The third-order valence-electron chi connectivity index (χ3n) is 4.74. The summed E-state index contributed by atoms with van der Waals surface area (Å²) in [7, 11) is 0. The van der Waals surface area contributed by atoms with Crippen molar-refractivity contribution in [3.63, 3.8) is 0 Å². The molecule has 0 aromatic heterocycles. The van der Waals surface area contributed by atoms with Gasteiger partial charge in [0.2, 0.25) is 0 Å². The van der Waals surface area contributed by atoms with Crippen molar-refractivity contribution in [1.29, 1.82) is 0 Å². The normalized spacial score (nSPS) is 31.6. The molecule has 2 rings (SSSR count). The van der Waals surface area contributed by atoms with Crippen LogP contribution in [0.3, 0.4) is 0 Å². The average molecular weight is 288 g/mol. The zero-order valence-electron chi connectivity index (χ0n) is 13.8. The van der Waals surface area contributed by atoms with E-state index in [1.54, 1.807) is 0 Å². The first-order valence-corrected chi connectivity index (χ1v) is 9.14. The number of allylic oxidation sites excluding steroid dienone is 4. The van der Waals surface area contributed by atoms with E-state index in [0.717, 1.165) is 18.8 Å². The standard InChI is InChI=1S/C19H32N2/c1-17-11-8-9-15-19(16-10-12-17)21-20-18-13-6-4-2-3-5-7-14-18/h13,16-17H,2-12,14-15H2,1H3/b18-13+,19-16+,21-20+. The maximum atomic E-state index is 4.60. The second kappa shape index (κ2) is 9.92. The zero-order valence-corrected chi connectivity index (χ0v) is 13.8. The smallest absolute Gasteiger partial charge is 0.0590 e. The minimum absolute atomic E-state index is 0.870. The largest absolute Gasteiger partial charge is 0.156 e. The van der Waals surface area contributed by atoms with Gasteiger partial charge in [-0.15, -0.1) is 0 Å². The highest BCUT2D eigenvalue weighted by molar-refractivity contribution is 5.04. The molecular formula is C19H32N2. The molecule has 118 valence electrons. The predicted octanol–water partition coefficient (Wildman–Crippen LogP) is 6.94. The fourth-order valence-electron chi connectivity index (χ4n) is 3.24. The molecule has 0 heterocycles. The predicted molar refractivity (Wildman–Crippen MR) is 90.2 cm³/mol. The van der Waals surface area contributed by atoms with Gasteiger partial charge in [-0.3, -0.25) is 0 Å². The fraction of sp³-hybridized carbons (Fsp3) is 0.789. The Bertz CT molecular complexity index is 379. The van der Waals surface area contributed by atoms with Crippen LogP contribution in [0.4, 0.5) is 0 Å². The number of hydrogen-bond acceptors (Lipinski definition) is 2. The van der Waals surface area contributed by atoms with Gasteiger partial charge in [0, 0.05) is 0 Å². The summed E-state index contributed by atoms with van der Waals surface area (Å²) in [6.07, 6.45) is 21.3. The molecule has 21 heavy (non-hydrogen) atoms. The molecule has 0 aromatic carbocycles. The molecule has 0 fully saturated rings. The number of hydrogen-bond donors (Lipinski definition) is 0. The lowest BCUT2D eigenvalue weighted by Crippen LogP contribution is -1.92. The van der Waals surface area contributed by atoms with Gasteiger partial charge in [-0.1, -0.05) is 51.2 Å². The van der Waals surface area contributed by atoms with Gasteiger partial charge >= 0.3 is 0 Å². The van der Waals surface area contributed by atoms with Crippen LogP contribution in [0.25, 0.3) is 0 Å². The molecule has 2 aliphatic carbocycles. The summed E-state index contributed by atoms with van der Waals surface area (Å²) in [5, 5.41) is 9.19. The Morgan fingerprint density at radius 2 is 1.33 bits per heavy atom. The minimum Gasteiger partial charge on any atom is -0.156 e. The van der Waals surface area contributed by atoms with Crippen LogP contribution in [0, 0.1) is 5.92 Å². The Hall–Kier alpha value is -0.920. The first-order valence-electron chi connectivity index (χ1n) is 9.14. The molecule has 0 radical (unpaired) electrons. The third kappa shape index (κ3) is 7.06. The van der Waals surface area contributed by atoms with Crippen molar-refractivity contribution in [1.82, 2.24) is 0 Å². The molecule has 0 saturated carbocycles. The maximum Gasteiger partial charge on any atom is 0.0590 e. The van der Waals surface area contributed by atoms with Crippen molar-refractivity contribution in [2.45, 2.75) is 90.4 Å². The summed E-state index contributed by atoms with van der Waals surface area (Å²) in [6, 6.07) is 0. The molecule has 2 aliphatic rings. The van der Waals surface area contributed by atoms with Gasteiger partial charge in [0.1, 0.15) is 0 Å². The lowest BCUT2D eigenvalue weighted by Gasteiger charge is -2.06. The minimum atomic E-state index is 0.870. The van der Waals surface area contributed by atoms with E-state index in [-0.39, 0.29) is 0 Å². The van der Waals surface area contributed by atoms with E-state index in [2.05, 4.69) is 29.3 Å². The average Bonchev–Trinajstić information content (AvgIpc) is 2.67. The zero-order chi connectivity index (χ0) is 14.8. The summed E-state index contributed by atoms with van der Waals surface area (Å²) in [6.45, 7) is 2.38. The lowest BCUT2D eigenvalue weighted by molar-refractivity contribution is 0.475. The molecule has 2 heteroatoms. The molecule has 0 saturated heterocycles. The highest BCUT2D eigenvalue weighted by atomic mass is 15.1. The van der Waals surface area contributed by atoms with Gasteiger partial charge in [-0.25, -0.2) is 0 Å². The first kappa shape index (κ1) is 16.5. The molecule has 0 N–H and O–H groups in total. The van der Waals surface area contributed by atoms with Crippen molar-refractivity contribution in [3.05, 3.63) is 23.5 Å². The number of nitrogens with zero attached hydrogens (tertiary/aromatic N) is 2. The summed E-state index contributed by atoms with van der Waals surface area (Å²) < 4.78 is 0. The van der Waals surface area contributed by atoms with E-state index < -0.39 is 0 Å². The van der Waals surface area contributed by atoms with E-state index >= 15 is 0 Å². The highest BCUT2D eigenvalue weighted by Gasteiger charge is 2.06. The molecule has 2 nitrogen and oxygen atoms in total. The van der Waals surface area contributed by atoms with Gasteiger partial charge in [0.05, 0.1) is 11.4 Å². The van der Waals surface area contributed by atoms with E-state index in [4.69, 9.17) is 0 Å². The van der Waals surface area contributed by atoms with Gasteiger partial charge in [-0.05, 0) is 57.3 Å². The monoisotopic (exact) mass is 288 g/mol. The van der Waals surface area contributed by atoms with Crippen molar-refractivity contribution in [2.24, 2.45) is 16.1 Å². The SMILES string of the molecule is CC1CC/C=C(/N=N/C2=C/CCCCCCC2)CCCC1. The lowest BCUT2D eigenvalue weighted by atomic mass is 10.00. The molecule has 0 aliphatic heterocycles. The molecular weight excluding hydrogens is 256 g/mol. The Labute approximate surface area is 130 Å².